The second-order valence-corrected chi connectivity index (χ2v) is 6.04. The SMILES string of the molecule is COc1cc(F)c(Br)cc1C(=O)c1ccc(Cl)c(Br)c1. The van der Waals surface area contributed by atoms with Gasteiger partial charge in [0.2, 0.25) is 0 Å². The number of carbonyl (C=O) groups excluding carboxylic acids is 1. The van der Waals surface area contributed by atoms with E-state index in [9.17, 15) is 9.18 Å². The molecule has 0 unspecified atom stereocenters. The standard InChI is InChI=1S/C14H8Br2ClFO2/c1-20-13-6-12(18)10(16)5-8(13)14(19)7-2-3-11(17)9(15)4-7/h2-6H,1H3. The average Bonchev–Trinajstić information content (AvgIpc) is 2.43. The fourth-order valence-electron chi connectivity index (χ4n) is 1.67. The summed E-state index contributed by atoms with van der Waals surface area (Å²) in [4.78, 5) is 12.5. The second-order valence-electron chi connectivity index (χ2n) is 3.92. The van der Waals surface area contributed by atoms with Crippen molar-refractivity contribution in [2.45, 2.75) is 0 Å². The Morgan fingerprint density at radius 2 is 1.90 bits per heavy atom. The van der Waals surface area contributed by atoms with Crippen LogP contribution in [0.3, 0.4) is 0 Å². The number of halogens is 4. The van der Waals surface area contributed by atoms with Crippen LogP contribution in [0.25, 0.3) is 0 Å². The molecule has 20 heavy (non-hydrogen) atoms. The van der Waals surface area contributed by atoms with Crippen molar-refractivity contribution in [3.8, 4) is 5.75 Å². The van der Waals surface area contributed by atoms with Gasteiger partial charge >= 0.3 is 0 Å². The van der Waals surface area contributed by atoms with Crippen molar-refractivity contribution in [2.75, 3.05) is 7.11 Å². The van der Waals surface area contributed by atoms with Gasteiger partial charge in [0.15, 0.2) is 5.78 Å². The molecule has 0 saturated heterocycles. The molecule has 6 heteroatoms. The lowest BCUT2D eigenvalue weighted by Crippen LogP contribution is -2.05. The molecule has 104 valence electrons. The summed E-state index contributed by atoms with van der Waals surface area (Å²) in [5, 5.41) is 0.508. The molecule has 0 fully saturated rings. The van der Waals surface area contributed by atoms with E-state index in [0.717, 1.165) is 0 Å². The van der Waals surface area contributed by atoms with Gasteiger partial charge < -0.3 is 4.74 Å². The van der Waals surface area contributed by atoms with E-state index in [1.807, 2.05) is 0 Å². The predicted octanol–water partition coefficient (Wildman–Crippen LogP) is 5.24. The fraction of sp³-hybridized carbons (Fsp3) is 0.0714. The third kappa shape index (κ3) is 3.05. The highest BCUT2D eigenvalue weighted by molar-refractivity contribution is 9.10. The lowest BCUT2D eigenvalue weighted by Gasteiger charge is -2.09. The molecule has 0 atom stereocenters. The molecule has 0 N–H and O–H groups in total. The first-order valence-electron chi connectivity index (χ1n) is 5.47. The number of benzene rings is 2. The van der Waals surface area contributed by atoms with Gasteiger partial charge in [0.05, 0.1) is 22.2 Å². The largest absolute Gasteiger partial charge is 0.496 e. The number of ketones is 1. The van der Waals surface area contributed by atoms with Crippen LogP contribution in [0, 0.1) is 5.82 Å². The van der Waals surface area contributed by atoms with Crippen molar-refractivity contribution in [3.63, 3.8) is 0 Å². The van der Waals surface area contributed by atoms with Crippen molar-refractivity contribution in [2.24, 2.45) is 0 Å². The first kappa shape index (κ1) is 15.5. The number of carbonyl (C=O) groups is 1. The molecular formula is C14H8Br2ClFO2. The molecule has 0 spiro atoms. The van der Waals surface area contributed by atoms with E-state index in [4.69, 9.17) is 16.3 Å². The lowest BCUT2D eigenvalue weighted by molar-refractivity contribution is 0.103. The van der Waals surface area contributed by atoms with Gasteiger partial charge in [0.25, 0.3) is 0 Å². The summed E-state index contributed by atoms with van der Waals surface area (Å²) in [7, 11) is 1.39. The topological polar surface area (TPSA) is 26.3 Å². The first-order chi connectivity index (χ1) is 9.43. The molecule has 2 nitrogen and oxygen atoms in total. The Bertz CT molecular complexity index is 689. The molecule has 2 aromatic carbocycles. The summed E-state index contributed by atoms with van der Waals surface area (Å²) in [5.41, 5.74) is 0.702. The van der Waals surface area contributed by atoms with Crippen LogP contribution in [-0.2, 0) is 0 Å². The minimum atomic E-state index is -0.490. The number of hydrogen-bond donors (Lipinski definition) is 0. The van der Waals surface area contributed by atoms with Gasteiger partial charge in [-0.05, 0) is 56.1 Å². The Kier molecular flexibility index (Phi) is 4.83. The minimum Gasteiger partial charge on any atom is -0.496 e. The Balaban J connectivity index is 2.52. The maximum atomic E-state index is 13.5. The molecule has 2 aromatic rings. The zero-order valence-corrected chi connectivity index (χ0v) is 14.1. The Hall–Kier alpha value is -0.910. The second kappa shape index (κ2) is 6.24. The summed E-state index contributed by atoms with van der Waals surface area (Å²) in [6.45, 7) is 0. The minimum absolute atomic E-state index is 0.182. The van der Waals surface area contributed by atoms with Crippen LogP contribution in [0.1, 0.15) is 15.9 Å². The third-order valence-corrected chi connectivity index (χ3v) is 4.49. The number of methoxy groups -OCH3 is 1. The van der Waals surface area contributed by atoms with Gasteiger partial charge in [0.1, 0.15) is 11.6 Å². The van der Waals surface area contributed by atoms with Crippen LogP contribution < -0.4 is 4.74 Å². The summed E-state index contributed by atoms with van der Waals surface area (Å²) in [6, 6.07) is 7.40. The molecule has 0 amide bonds. The van der Waals surface area contributed by atoms with Crippen LogP contribution in [-0.4, -0.2) is 12.9 Å². The predicted molar refractivity (Wildman–Crippen MR) is 83.2 cm³/mol. The maximum Gasteiger partial charge on any atom is 0.196 e. The van der Waals surface area contributed by atoms with Crippen molar-refractivity contribution >= 4 is 49.2 Å². The molecule has 0 aliphatic rings. The normalized spacial score (nSPS) is 10.4. The monoisotopic (exact) mass is 420 g/mol. The van der Waals surface area contributed by atoms with Crippen molar-refractivity contribution in [3.05, 3.63) is 61.2 Å². The summed E-state index contributed by atoms with van der Waals surface area (Å²) < 4.78 is 19.3. The molecule has 0 aromatic heterocycles. The van der Waals surface area contributed by atoms with Crippen LogP contribution in [0.4, 0.5) is 4.39 Å². The van der Waals surface area contributed by atoms with E-state index in [2.05, 4.69) is 31.9 Å². The highest BCUT2D eigenvalue weighted by atomic mass is 79.9. The number of ether oxygens (including phenoxy) is 1. The summed E-state index contributed by atoms with van der Waals surface area (Å²) >= 11 is 12.2. The van der Waals surface area contributed by atoms with Crippen molar-refractivity contribution in [1.82, 2.24) is 0 Å². The average molecular weight is 422 g/mol. The van der Waals surface area contributed by atoms with E-state index in [1.54, 1.807) is 18.2 Å². The Labute approximate surface area is 137 Å². The van der Waals surface area contributed by atoms with Gasteiger partial charge in [-0.2, -0.15) is 0 Å². The van der Waals surface area contributed by atoms with Crippen molar-refractivity contribution < 1.29 is 13.9 Å². The molecule has 0 aliphatic carbocycles. The first-order valence-corrected chi connectivity index (χ1v) is 7.43. The molecule has 0 heterocycles. The quantitative estimate of drug-likeness (QED) is 0.632. The van der Waals surface area contributed by atoms with Gasteiger partial charge in [-0.15, -0.1) is 0 Å². The third-order valence-electron chi connectivity index (χ3n) is 2.67. The highest BCUT2D eigenvalue weighted by Gasteiger charge is 2.18. The van der Waals surface area contributed by atoms with E-state index < -0.39 is 5.82 Å². The smallest absolute Gasteiger partial charge is 0.196 e. The van der Waals surface area contributed by atoms with Crippen LogP contribution in [0.2, 0.25) is 5.02 Å². The molecule has 2 rings (SSSR count). The molecule has 0 bridgehead atoms. The van der Waals surface area contributed by atoms with Crippen LogP contribution in [0.5, 0.6) is 5.75 Å². The lowest BCUT2D eigenvalue weighted by atomic mass is 10.0. The van der Waals surface area contributed by atoms with E-state index in [0.29, 0.717) is 15.1 Å². The zero-order chi connectivity index (χ0) is 14.9. The van der Waals surface area contributed by atoms with E-state index in [-0.39, 0.29) is 21.6 Å². The summed E-state index contributed by atoms with van der Waals surface area (Å²) in [5.74, 6) is -0.586. The molecule has 0 radical (unpaired) electrons. The van der Waals surface area contributed by atoms with Crippen LogP contribution >= 0.6 is 43.5 Å². The van der Waals surface area contributed by atoms with Gasteiger partial charge in [-0.1, -0.05) is 11.6 Å². The molecule has 0 saturated carbocycles. The van der Waals surface area contributed by atoms with E-state index >= 15 is 0 Å². The number of rotatable bonds is 3. The van der Waals surface area contributed by atoms with E-state index in [1.165, 1.54) is 19.2 Å². The van der Waals surface area contributed by atoms with Gasteiger partial charge in [-0.25, -0.2) is 4.39 Å². The molecular weight excluding hydrogens is 414 g/mol. The van der Waals surface area contributed by atoms with Gasteiger partial charge in [0, 0.05) is 16.1 Å². The van der Waals surface area contributed by atoms with Gasteiger partial charge in [-0.3, -0.25) is 4.79 Å². The highest BCUT2D eigenvalue weighted by Crippen LogP contribution is 2.30. The fourth-order valence-corrected chi connectivity index (χ4v) is 2.51. The Morgan fingerprint density at radius 3 is 2.50 bits per heavy atom. The molecule has 0 aliphatic heterocycles. The van der Waals surface area contributed by atoms with Crippen molar-refractivity contribution in [1.29, 1.82) is 0 Å². The maximum absolute atomic E-state index is 13.5. The summed E-state index contributed by atoms with van der Waals surface area (Å²) in [6.07, 6.45) is 0. The Morgan fingerprint density at radius 1 is 1.20 bits per heavy atom. The number of hydrogen-bond acceptors (Lipinski definition) is 2. The zero-order valence-electron chi connectivity index (χ0n) is 10.2. The van der Waals surface area contributed by atoms with Crippen LogP contribution in [0.15, 0.2) is 39.3 Å².